The van der Waals surface area contributed by atoms with Gasteiger partial charge in [0, 0.05) is 30.8 Å². The van der Waals surface area contributed by atoms with Gasteiger partial charge in [-0.05, 0) is 43.5 Å². The van der Waals surface area contributed by atoms with E-state index >= 15 is 0 Å². The Hall–Kier alpha value is -2.90. The Kier molecular flexibility index (Phi) is 7.54. The number of nitrogens with one attached hydrogen (secondary N) is 2. The second kappa shape index (κ2) is 9.87. The molecule has 1 aromatic carbocycles. The second-order valence-corrected chi connectivity index (χ2v) is 7.15. The van der Waals surface area contributed by atoms with Crippen molar-refractivity contribution in [2.24, 2.45) is 5.92 Å². The second-order valence-electron chi connectivity index (χ2n) is 7.15. The maximum Gasteiger partial charge on any atom is 0.326 e. The van der Waals surface area contributed by atoms with Gasteiger partial charge in [0.25, 0.3) is 11.8 Å². The number of hydrogen-bond donors (Lipinski definition) is 2. The van der Waals surface area contributed by atoms with E-state index in [2.05, 4.69) is 10.6 Å². The summed E-state index contributed by atoms with van der Waals surface area (Å²) >= 11 is 0. The van der Waals surface area contributed by atoms with Crippen LogP contribution in [0.25, 0.3) is 0 Å². The van der Waals surface area contributed by atoms with E-state index in [4.69, 9.17) is 4.74 Å². The lowest BCUT2D eigenvalue weighted by Gasteiger charge is -2.16. The van der Waals surface area contributed by atoms with Crippen molar-refractivity contribution in [1.29, 1.82) is 0 Å². The molecule has 2 N–H and O–H groups in total. The average molecular weight is 389 g/mol. The minimum Gasteiger partial charge on any atom is -0.451 e. The molecule has 1 fully saturated rings. The van der Waals surface area contributed by atoms with Gasteiger partial charge in [-0.25, -0.2) is 0 Å². The van der Waals surface area contributed by atoms with E-state index in [0.29, 0.717) is 31.0 Å². The number of ether oxygens (including phenoxy) is 1. The molecular formula is C20H27N3O5. The molecule has 8 nitrogen and oxygen atoms in total. The summed E-state index contributed by atoms with van der Waals surface area (Å²) in [4.78, 5) is 49.2. The SMILES string of the molecule is CC(C)CNC(=O)C(C)OC(=O)CNC(=O)c1ccc(N2CCCC2=O)cc1. The molecule has 8 heteroatoms. The van der Waals surface area contributed by atoms with Crippen LogP contribution in [0, 0.1) is 5.92 Å². The minimum atomic E-state index is -0.930. The minimum absolute atomic E-state index is 0.0755. The van der Waals surface area contributed by atoms with Crippen molar-refractivity contribution >= 4 is 29.4 Å². The molecule has 0 aromatic heterocycles. The monoisotopic (exact) mass is 389 g/mol. The predicted octanol–water partition coefficient (Wildman–Crippen LogP) is 1.25. The van der Waals surface area contributed by atoms with Gasteiger partial charge >= 0.3 is 5.97 Å². The van der Waals surface area contributed by atoms with Crippen molar-refractivity contribution in [3.8, 4) is 0 Å². The number of hydrogen-bond acceptors (Lipinski definition) is 5. The topological polar surface area (TPSA) is 105 Å². The highest BCUT2D eigenvalue weighted by Crippen LogP contribution is 2.21. The first kappa shape index (κ1) is 21.4. The zero-order chi connectivity index (χ0) is 20.7. The van der Waals surface area contributed by atoms with Crippen LogP contribution < -0.4 is 15.5 Å². The highest BCUT2D eigenvalue weighted by molar-refractivity contribution is 5.98. The van der Waals surface area contributed by atoms with Gasteiger partial charge in [0.15, 0.2) is 6.10 Å². The molecule has 1 saturated heterocycles. The largest absolute Gasteiger partial charge is 0.451 e. The zero-order valence-corrected chi connectivity index (χ0v) is 16.5. The molecule has 28 heavy (non-hydrogen) atoms. The number of rotatable bonds is 8. The first-order valence-corrected chi connectivity index (χ1v) is 9.43. The van der Waals surface area contributed by atoms with Crippen molar-refractivity contribution in [3.63, 3.8) is 0 Å². The standard InChI is InChI=1S/C20H27N3O5/c1-13(2)11-21-19(26)14(3)28-18(25)12-22-20(27)15-6-8-16(9-7-15)23-10-4-5-17(23)24/h6-9,13-14H,4-5,10-12H2,1-3H3,(H,21,26)(H,22,27). The van der Waals surface area contributed by atoms with Crippen LogP contribution in [0.15, 0.2) is 24.3 Å². The number of carbonyl (C=O) groups is 4. The van der Waals surface area contributed by atoms with Gasteiger partial charge in [-0.3, -0.25) is 19.2 Å². The Morgan fingerprint density at radius 2 is 1.79 bits per heavy atom. The van der Waals surface area contributed by atoms with E-state index in [1.165, 1.54) is 6.92 Å². The molecule has 2 rings (SSSR count). The van der Waals surface area contributed by atoms with Crippen molar-refractivity contribution in [1.82, 2.24) is 10.6 Å². The van der Waals surface area contributed by atoms with Crippen LogP contribution in [0.4, 0.5) is 5.69 Å². The van der Waals surface area contributed by atoms with Crippen molar-refractivity contribution < 1.29 is 23.9 Å². The fourth-order valence-electron chi connectivity index (χ4n) is 2.71. The lowest BCUT2D eigenvalue weighted by molar-refractivity contribution is -0.153. The molecule has 0 radical (unpaired) electrons. The van der Waals surface area contributed by atoms with E-state index < -0.39 is 18.0 Å². The lowest BCUT2D eigenvalue weighted by Crippen LogP contribution is -2.39. The normalized spacial score (nSPS) is 14.7. The van der Waals surface area contributed by atoms with Crippen LogP contribution in [0.2, 0.25) is 0 Å². The number of nitrogens with zero attached hydrogens (tertiary/aromatic N) is 1. The number of carbonyl (C=O) groups excluding carboxylic acids is 4. The van der Waals surface area contributed by atoms with Crippen LogP contribution in [0.5, 0.6) is 0 Å². The molecule has 1 aromatic rings. The van der Waals surface area contributed by atoms with Gasteiger partial charge in [0.1, 0.15) is 6.54 Å². The molecule has 152 valence electrons. The molecule has 1 aliphatic heterocycles. The third-order valence-electron chi connectivity index (χ3n) is 4.27. The Balaban J connectivity index is 1.79. The third kappa shape index (κ3) is 6.07. The molecule has 0 spiro atoms. The highest BCUT2D eigenvalue weighted by atomic mass is 16.5. The van der Waals surface area contributed by atoms with Crippen LogP contribution in [-0.4, -0.2) is 49.4 Å². The zero-order valence-electron chi connectivity index (χ0n) is 16.5. The summed E-state index contributed by atoms with van der Waals surface area (Å²) in [5.41, 5.74) is 1.12. The molecule has 0 aliphatic carbocycles. The molecular weight excluding hydrogens is 362 g/mol. The van der Waals surface area contributed by atoms with E-state index in [1.807, 2.05) is 13.8 Å². The molecule has 1 heterocycles. The number of amides is 3. The summed E-state index contributed by atoms with van der Waals surface area (Å²) in [6.45, 7) is 6.24. The third-order valence-corrected chi connectivity index (χ3v) is 4.27. The Labute approximate surface area is 164 Å². The summed E-state index contributed by atoms with van der Waals surface area (Å²) in [5, 5.41) is 5.14. The smallest absolute Gasteiger partial charge is 0.326 e. The van der Waals surface area contributed by atoms with Gasteiger partial charge in [-0.15, -0.1) is 0 Å². The van der Waals surface area contributed by atoms with Crippen LogP contribution in [0.3, 0.4) is 0 Å². The van der Waals surface area contributed by atoms with Gasteiger partial charge in [-0.1, -0.05) is 13.8 Å². The predicted molar refractivity (Wildman–Crippen MR) is 104 cm³/mol. The number of anilines is 1. The maximum atomic E-state index is 12.2. The van der Waals surface area contributed by atoms with Crippen molar-refractivity contribution in [2.45, 2.75) is 39.7 Å². The van der Waals surface area contributed by atoms with Gasteiger partial charge in [0.05, 0.1) is 0 Å². The highest BCUT2D eigenvalue weighted by Gasteiger charge is 2.22. The lowest BCUT2D eigenvalue weighted by atomic mass is 10.2. The first-order valence-electron chi connectivity index (χ1n) is 9.43. The van der Waals surface area contributed by atoms with Gasteiger partial charge < -0.3 is 20.3 Å². The van der Waals surface area contributed by atoms with Crippen molar-refractivity contribution in [3.05, 3.63) is 29.8 Å². The average Bonchev–Trinajstić information content (AvgIpc) is 3.10. The molecule has 0 bridgehead atoms. The quantitative estimate of drug-likeness (QED) is 0.651. The summed E-state index contributed by atoms with van der Waals surface area (Å²) in [6.07, 6.45) is 0.440. The molecule has 1 atom stereocenters. The number of benzene rings is 1. The summed E-state index contributed by atoms with van der Waals surface area (Å²) in [7, 11) is 0. The maximum absolute atomic E-state index is 12.2. The van der Waals surface area contributed by atoms with Gasteiger partial charge in [-0.2, -0.15) is 0 Å². The molecule has 3 amide bonds. The molecule has 1 unspecified atom stereocenters. The Morgan fingerprint density at radius 1 is 1.11 bits per heavy atom. The fourth-order valence-corrected chi connectivity index (χ4v) is 2.71. The van der Waals surface area contributed by atoms with Crippen LogP contribution in [0.1, 0.15) is 44.0 Å². The Morgan fingerprint density at radius 3 is 2.36 bits per heavy atom. The van der Waals surface area contributed by atoms with Crippen LogP contribution in [-0.2, 0) is 19.1 Å². The van der Waals surface area contributed by atoms with E-state index in [-0.39, 0.29) is 18.4 Å². The summed E-state index contributed by atoms with van der Waals surface area (Å²) in [5.74, 6) is -1.14. The summed E-state index contributed by atoms with van der Waals surface area (Å²) in [6, 6.07) is 6.61. The first-order chi connectivity index (χ1) is 13.3. The van der Waals surface area contributed by atoms with E-state index in [9.17, 15) is 19.2 Å². The molecule has 0 saturated carbocycles. The summed E-state index contributed by atoms with van der Waals surface area (Å²) < 4.78 is 5.02. The molecule has 1 aliphatic rings. The van der Waals surface area contributed by atoms with E-state index in [0.717, 1.165) is 12.1 Å². The fraction of sp³-hybridized carbons (Fsp3) is 0.500. The number of esters is 1. The van der Waals surface area contributed by atoms with Crippen LogP contribution >= 0.6 is 0 Å². The van der Waals surface area contributed by atoms with Crippen molar-refractivity contribution in [2.75, 3.05) is 24.5 Å². The van der Waals surface area contributed by atoms with E-state index in [1.54, 1.807) is 29.2 Å². The Bertz CT molecular complexity index is 730. The van der Waals surface area contributed by atoms with Gasteiger partial charge in [0.2, 0.25) is 5.91 Å².